The highest BCUT2D eigenvalue weighted by Gasteiger charge is 2.41. The van der Waals surface area contributed by atoms with Gasteiger partial charge in [-0.15, -0.1) is 8.42 Å². The molecule has 226 valence electrons. The average molecular weight is 598 g/mol. The monoisotopic (exact) mass is 597 g/mol. The lowest BCUT2D eigenvalue weighted by molar-refractivity contribution is 0.386. The summed E-state index contributed by atoms with van der Waals surface area (Å²) in [5, 5.41) is 0. The maximum absolute atomic E-state index is 13.6. The van der Waals surface area contributed by atoms with Gasteiger partial charge in [-0.05, 0) is 42.8 Å². The standard InChI is InChI=1S/C36H52O3S2/c1-2-3-4-5-6-7-8-9-10-11-12-13-14-15-16-26-33-40(34-27-20-17-21-28-34,35-29-22-18-23-30-35)39-41(37,38)36-31-24-19-25-32-36/h17-25,27-32H,2-16,26,33H2,1H3/p+1. The van der Waals surface area contributed by atoms with E-state index in [-0.39, 0.29) is 4.90 Å². The predicted molar refractivity (Wildman–Crippen MR) is 178 cm³/mol. The zero-order chi connectivity index (χ0) is 29.1. The number of benzene rings is 3. The molecule has 0 aliphatic carbocycles. The van der Waals surface area contributed by atoms with Crippen molar-refractivity contribution in [3.05, 3.63) is 91.0 Å². The van der Waals surface area contributed by atoms with E-state index < -0.39 is 20.4 Å². The molecule has 0 radical (unpaired) electrons. The van der Waals surface area contributed by atoms with E-state index in [0.717, 1.165) is 28.4 Å². The highest BCUT2D eigenvalue weighted by Crippen LogP contribution is 2.63. The van der Waals surface area contributed by atoms with Crippen LogP contribution in [0.25, 0.3) is 0 Å². The summed E-state index contributed by atoms with van der Waals surface area (Å²) in [6.45, 7) is 2.28. The van der Waals surface area contributed by atoms with Crippen molar-refractivity contribution in [3.63, 3.8) is 0 Å². The van der Waals surface area contributed by atoms with Crippen molar-refractivity contribution in [2.24, 2.45) is 0 Å². The van der Waals surface area contributed by atoms with Crippen LogP contribution in [0.5, 0.6) is 0 Å². The highest BCUT2D eigenvalue weighted by molar-refractivity contribution is 8.32. The lowest BCUT2D eigenvalue weighted by Crippen LogP contribution is -2.20. The Balaban J connectivity index is 1.50. The minimum absolute atomic E-state index is 0.260. The van der Waals surface area contributed by atoms with Gasteiger partial charge in [0.1, 0.15) is 4.90 Å². The van der Waals surface area contributed by atoms with Crippen molar-refractivity contribution in [3.8, 4) is 0 Å². The molecule has 0 fully saturated rings. The normalized spacial score (nSPS) is 12.4. The second-order valence-corrected chi connectivity index (χ2v) is 16.0. The molecule has 3 nitrogen and oxygen atoms in total. The van der Waals surface area contributed by atoms with Gasteiger partial charge in [0.05, 0.1) is 9.79 Å². The van der Waals surface area contributed by atoms with Gasteiger partial charge in [0.15, 0.2) is 0 Å². The van der Waals surface area contributed by atoms with Gasteiger partial charge in [-0.25, -0.2) is 0 Å². The molecule has 3 aromatic rings. The van der Waals surface area contributed by atoms with Crippen LogP contribution in [0, 0.1) is 0 Å². The molecule has 0 amide bonds. The summed E-state index contributed by atoms with van der Waals surface area (Å²) in [5.74, 6) is 0.742. The fraction of sp³-hybridized carbons (Fsp3) is 0.500. The van der Waals surface area contributed by atoms with E-state index >= 15 is 0 Å². The summed E-state index contributed by atoms with van der Waals surface area (Å²) in [4.78, 5) is 2.27. The predicted octanol–water partition coefficient (Wildman–Crippen LogP) is 11.6. The van der Waals surface area contributed by atoms with Gasteiger partial charge in [-0.3, -0.25) is 3.63 Å². The lowest BCUT2D eigenvalue weighted by atomic mass is 10.0. The van der Waals surface area contributed by atoms with E-state index in [0.29, 0.717) is 0 Å². The Morgan fingerprint density at radius 2 is 0.756 bits per heavy atom. The van der Waals surface area contributed by atoms with Gasteiger partial charge in [0, 0.05) is 16.1 Å². The Morgan fingerprint density at radius 3 is 1.12 bits per heavy atom. The van der Waals surface area contributed by atoms with E-state index in [1.54, 1.807) is 24.3 Å². The molecule has 3 aromatic carbocycles. The topological polar surface area (TPSA) is 46.9 Å². The molecule has 0 atom stereocenters. The summed E-state index contributed by atoms with van der Waals surface area (Å²) >= 11 is 0. The molecule has 0 aromatic heterocycles. The molecule has 1 N–H and O–H groups in total. The second kappa shape index (κ2) is 19.2. The fourth-order valence-electron chi connectivity index (χ4n) is 5.45. The third kappa shape index (κ3) is 11.6. The molecule has 3 rings (SSSR count). The smallest absolute Gasteiger partial charge is 0.261 e. The molecule has 0 bridgehead atoms. The Morgan fingerprint density at radius 1 is 0.439 bits per heavy atom. The van der Waals surface area contributed by atoms with Crippen LogP contribution >= 0.6 is 10.3 Å². The van der Waals surface area contributed by atoms with Gasteiger partial charge < -0.3 is 0 Å². The first-order valence-electron chi connectivity index (χ1n) is 16.0. The summed E-state index contributed by atoms with van der Waals surface area (Å²) < 4.78 is 32.1. The van der Waals surface area contributed by atoms with Crippen LogP contribution in [-0.4, -0.2) is 17.8 Å². The van der Waals surface area contributed by atoms with Crippen LogP contribution in [0.15, 0.2) is 106 Å². The Hall–Kier alpha value is -2.08. The van der Waals surface area contributed by atoms with Crippen molar-refractivity contribution >= 4 is 20.4 Å². The third-order valence-corrected chi connectivity index (χ3v) is 13.5. The highest BCUT2D eigenvalue weighted by atomic mass is 32.3. The fourth-order valence-corrected chi connectivity index (χ4v) is 11.2. The molecule has 0 heterocycles. The largest absolute Gasteiger partial charge is 0.421 e. The summed E-state index contributed by atoms with van der Waals surface area (Å²) in [6, 6.07) is 28.8. The van der Waals surface area contributed by atoms with Crippen molar-refractivity contribution in [2.45, 2.75) is 124 Å². The molecule has 0 aliphatic heterocycles. The molecule has 5 heteroatoms. The SMILES string of the molecule is CCCCCCCCCCCCCCCCCCS([OH+]S(=O)(=O)c1ccccc1)(c1ccccc1)c1ccccc1. The van der Waals surface area contributed by atoms with Gasteiger partial charge in [-0.1, -0.05) is 158 Å². The van der Waals surface area contributed by atoms with E-state index in [1.165, 1.54) is 89.9 Å². The Bertz CT molecular complexity index is 1130. The number of hydrogen-bond donors (Lipinski definition) is 0. The van der Waals surface area contributed by atoms with Crippen molar-refractivity contribution in [1.82, 2.24) is 0 Å². The number of unbranched alkanes of at least 4 members (excludes halogenated alkanes) is 15. The van der Waals surface area contributed by atoms with Crippen LogP contribution in [0.1, 0.15) is 110 Å². The van der Waals surface area contributed by atoms with E-state index in [4.69, 9.17) is 3.63 Å². The second-order valence-electron chi connectivity index (χ2n) is 11.2. The van der Waals surface area contributed by atoms with Crippen molar-refractivity contribution in [2.75, 3.05) is 5.75 Å². The van der Waals surface area contributed by atoms with Gasteiger partial charge in [0.2, 0.25) is 0 Å². The summed E-state index contributed by atoms with van der Waals surface area (Å²) in [6.07, 6.45) is 21.1. The first-order valence-corrected chi connectivity index (χ1v) is 19.2. The molecule has 0 unspecified atom stereocenters. The van der Waals surface area contributed by atoms with Crippen LogP contribution in [0.3, 0.4) is 0 Å². The molecule has 0 spiro atoms. The van der Waals surface area contributed by atoms with Crippen molar-refractivity contribution in [1.29, 1.82) is 0 Å². The maximum atomic E-state index is 13.6. The van der Waals surface area contributed by atoms with Crippen LogP contribution < -0.4 is 0 Å². The lowest BCUT2D eigenvalue weighted by Gasteiger charge is -2.34. The first kappa shape index (κ1) is 33.4. The summed E-state index contributed by atoms with van der Waals surface area (Å²) in [7, 11) is -5.97. The van der Waals surface area contributed by atoms with E-state index in [9.17, 15) is 8.42 Å². The number of hydrogen-bond acceptors (Lipinski definition) is 2. The van der Waals surface area contributed by atoms with Gasteiger partial charge in [-0.2, -0.15) is 0 Å². The maximum Gasteiger partial charge on any atom is 0.421 e. The van der Waals surface area contributed by atoms with Crippen LogP contribution in [0.2, 0.25) is 0 Å². The van der Waals surface area contributed by atoms with E-state index in [1.807, 2.05) is 42.5 Å². The van der Waals surface area contributed by atoms with E-state index in [2.05, 4.69) is 31.2 Å². The van der Waals surface area contributed by atoms with Crippen molar-refractivity contribution < 1.29 is 12.0 Å². The third-order valence-electron chi connectivity index (χ3n) is 7.83. The van der Waals surface area contributed by atoms with Gasteiger partial charge >= 0.3 is 10.1 Å². The van der Waals surface area contributed by atoms with Crippen LogP contribution in [0.4, 0.5) is 0 Å². The Labute approximate surface area is 252 Å². The molecular weight excluding hydrogens is 545 g/mol. The van der Waals surface area contributed by atoms with Gasteiger partial charge in [0.25, 0.3) is 0 Å². The summed E-state index contributed by atoms with van der Waals surface area (Å²) in [5.41, 5.74) is 0. The quantitative estimate of drug-likeness (QED) is 0.0657. The zero-order valence-corrected chi connectivity index (χ0v) is 26.9. The molecule has 0 aliphatic rings. The number of rotatable bonds is 22. The minimum atomic E-state index is -3.82. The molecule has 0 saturated heterocycles. The Kier molecular flexibility index (Phi) is 15.6. The molecular formula is C36H53O3S2+. The molecule has 0 saturated carbocycles. The van der Waals surface area contributed by atoms with Crippen LogP contribution in [-0.2, 0) is 10.1 Å². The molecule has 41 heavy (non-hydrogen) atoms. The average Bonchev–Trinajstić information content (AvgIpc) is 3.01. The minimum Gasteiger partial charge on any atom is -0.261 e. The first-order chi connectivity index (χ1) is 20.1. The zero-order valence-electron chi connectivity index (χ0n) is 25.3.